The lowest BCUT2D eigenvalue weighted by Gasteiger charge is -2.32. The fourth-order valence-electron chi connectivity index (χ4n) is 4.68. The third-order valence-corrected chi connectivity index (χ3v) is 6.77. The number of aromatic nitrogens is 1. The van der Waals surface area contributed by atoms with Crippen LogP contribution in [0.15, 0.2) is 77.7 Å². The van der Waals surface area contributed by atoms with Crippen LogP contribution in [-0.2, 0) is 30.7 Å². The fourth-order valence-corrected chi connectivity index (χ4v) is 4.81. The van der Waals surface area contributed by atoms with Crippen molar-refractivity contribution in [3.05, 3.63) is 116 Å². The standard InChI is InChI=1S/C29H26ClN3O4/c30-23-10-8-19(9-11-23)16-31-29(37)25-18-33-27-22(13-21(7-4-12-34)14-24(27)28(25)36)15-26(35)32(33)17-20-5-2-1-3-6-20/h1-3,5-6,8-11,13-14,18,34H,4,7,12,15-17H2,(H,31,37). The summed E-state index contributed by atoms with van der Waals surface area (Å²) in [6.07, 6.45) is 2.72. The molecule has 3 aromatic carbocycles. The molecule has 4 aromatic rings. The van der Waals surface area contributed by atoms with Crippen LogP contribution < -0.4 is 15.8 Å². The van der Waals surface area contributed by atoms with Gasteiger partial charge in [-0.15, -0.1) is 0 Å². The highest BCUT2D eigenvalue weighted by molar-refractivity contribution is 6.30. The van der Waals surface area contributed by atoms with Crippen LogP contribution >= 0.6 is 11.6 Å². The molecule has 0 aliphatic carbocycles. The predicted octanol–water partition coefficient (Wildman–Crippen LogP) is 3.73. The van der Waals surface area contributed by atoms with E-state index in [0.717, 1.165) is 22.3 Å². The summed E-state index contributed by atoms with van der Waals surface area (Å²) in [5.41, 5.74) is 3.56. The maximum absolute atomic E-state index is 13.6. The molecule has 0 spiro atoms. The molecule has 2 amide bonds. The number of amides is 2. The first-order chi connectivity index (χ1) is 17.9. The quantitative estimate of drug-likeness (QED) is 0.374. The number of carbonyl (C=O) groups is 2. The van der Waals surface area contributed by atoms with E-state index in [1.807, 2.05) is 36.4 Å². The number of carbonyl (C=O) groups excluding carboxylic acids is 2. The summed E-state index contributed by atoms with van der Waals surface area (Å²) >= 11 is 5.95. The third kappa shape index (κ3) is 5.14. The molecular weight excluding hydrogens is 490 g/mol. The first-order valence-electron chi connectivity index (χ1n) is 12.1. The largest absolute Gasteiger partial charge is 0.396 e. The highest BCUT2D eigenvalue weighted by atomic mass is 35.5. The Hall–Kier alpha value is -3.94. The van der Waals surface area contributed by atoms with Crippen LogP contribution in [0.2, 0.25) is 5.02 Å². The second-order valence-electron chi connectivity index (χ2n) is 9.12. The topological polar surface area (TPSA) is 91.6 Å². The van der Waals surface area contributed by atoms with Gasteiger partial charge in [-0.1, -0.05) is 60.1 Å². The number of pyridine rings is 1. The van der Waals surface area contributed by atoms with Crippen molar-refractivity contribution >= 4 is 34.3 Å². The van der Waals surface area contributed by atoms with E-state index in [1.54, 1.807) is 40.0 Å². The molecule has 188 valence electrons. The number of aliphatic hydroxyl groups excluding tert-OH is 1. The lowest BCUT2D eigenvalue weighted by Crippen LogP contribution is -2.45. The second-order valence-corrected chi connectivity index (χ2v) is 9.55. The van der Waals surface area contributed by atoms with Gasteiger partial charge < -0.3 is 10.4 Å². The van der Waals surface area contributed by atoms with E-state index in [9.17, 15) is 19.5 Å². The predicted molar refractivity (Wildman–Crippen MR) is 143 cm³/mol. The van der Waals surface area contributed by atoms with Crippen molar-refractivity contribution in [1.29, 1.82) is 0 Å². The van der Waals surface area contributed by atoms with Gasteiger partial charge in [0.15, 0.2) is 0 Å². The zero-order chi connectivity index (χ0) is 25.9. The maximum atomic E-state index is 13.6. The minimum absolute atomic E-state index is 0.0224. The molecule has 7 nitrogen and oxygen atoms in total. The molecule has 1 aliphatic heterocycles. The second kappa shape index (κ2) is 10.6. The van der Waals surface area contributed by atoms with Crippen LogP contribution in [-0.4, -0.2) is 28.2 Å². The van der Waals surface area contributed by atoms with Gasteiger partial charge in [-0.3, -0.25) is 19.1 Å². The summed E-state index contributed by atoms with van der Waals surface area (Å²) in [6.45, 7) is 0.547. The van der Waals surface area contributed by atoms with Crippen molar-refractivity contribution in [2.24, 2.45) is 0 Å². The maximum Gasteiger partial charge on any atom is 0.257 e. The van der Waals surface area contributed by atoms with Crippen molar-refractivity contribution in [3.63, 3.8) is 0 Å². The Bertz CT molecular complexity index is 1530. The summed E-state index contributed by atoms with van der Waals surface area (Å²) in [5, 5.41) is 14.7. The molecule has 0 unspecified atom stereocenters. The van der Waals surface area contributed by atoms with Crippen LogP contribution in [0.5, 0.6) is 0 Å². The molecule has 0 bridgehead atoms. The first-order valence-corrected chi connectivity index (χ1v) is 12.5. The number of nitrogens with one attached hydrogen (secondary N) is 1. The summed E-state index contributed by atoms with van der Waals surface area (Å²) < 4.78 is 1.65. The van der Waals surface area contributed by atoms with Gasteiger partial charge in [0.1, 0.15) is 5.56 Å². The highest BCUT2D eigenvalue weighted by Crippen LogP contribution is 2.27. The van der Waals surface area contributed by atoms with Crippen molar-refractivity contribution in [2.75, 3.05) is 11.6 Å². The molecule has 1 aromatic heterocycles. The van der Waals surface area contributed by atoms with Crippen LogP contribution in [0.4, 0.5) is 0 Å². The van der Waals surface area contributed by atoms with Gasteiger partial charge in [-0.25, -0.2) is 5.01 Å². The van der Waals surface area contributed by atoms with Gasteiger partial charge >= 0.3 is 0 Å². The number of halogens is 1. The monoisotopic (exact) mass is 515 g/mol. The van der Waals surface area contributed by atoms with Crippen molar-refractivity contribution < 1.29 is 14.7 Å². The van der Waals surface area contributed by atoms with Gasteiger partial charge in [0.05, 0.1) is 18.5 Å². The number of hydrogen-bond acceptors (Lipinski definition) is 4. The molecule has 1 aliphatic rings. The minimum atomic E-state index is -0.523. The molecule has 0 saturated heterocycles. The van der Waals surface area contributed by atoms with Crippen molar-refractivity contribution in [2.45, 2.75) is 32.4 Å². The van der Waals surface area contributed by atoms with Crippen LogP contribution in [0, 0.1) is 0 Å². The molecule has 0 radical (unpaired) electrons. The number of aliphatic hydroxyl groups is 1. The summed E-state index contributed by atoms with van der Waals surface area (Å²) in [4.78, 5) is 40.1. The number of benzene rings is 3. The van der Waals surface area contributed by atoms with E-state index >= 15 is 0 Å². The van der Waals surface area contributed by atoms with E-state index in [0.29, 0.717) is 35.3 Å². The molecule has 2 N–H and O–H groups in total. The van der Waals surface area contributed by atoms with Gasteiger partial charge in [-0.2, -0.15) is 0 Å². The average molecular weight is 516 g/mol. The van der Waals surface area contributed by atoms with Gasteiger partial charge in [0.2, 0.25) is 11.3 Å². The Morgan fingerprint density at radius 3 is 2.46 bits per heavy atom. The molecule has 0 atom stereocenters. The molecule has 2 heterocycles. The van der Waals surface area contributed by atoms with Crippen LogP contribution in [0.3, 0.4) is 0 Å². The smallest absolute Gasteiger partial charge is 0.257 e. The molecule has 8 heteroatoms. The number of aryl methyl sites for hydroxylation is 1. The van der Waals surface area contributed by atoms with Gasteiger partial charge in [0, 0.05) is 29.8 Å². The molecule has 5 rings (SSSR count). The average Bonchev–Trinajstić information content (AvgIpc) is 2.91. The van der Waals surface area contributed by atoms with Crippen LogP contribution in [0.25, 0.3) is 10.9 Å². The van der Waals surface area contributed by atoms with E-state index in [4.69, 9.17) is 11.6 Å². The molecule has 37 heavy (non-hydrogen) atoms. The lowest BCUT2D eigenvalue weighted by molar-refractivity contribution is -0.119. The molecular formula is C29H26ClN3O4. The minimum Gasteiger partial charge on any atom is -0.396 e. The Labute approximate surface area is 218 Å². The fraction of sp³-hybridized carbons (Fsp3) is 0.207. The van der Waals surface area contributed by atoms with E-state index in [1.165, 1.54) is 6.20 Å². The summed E-state index contributed by atoms with van der Waals surface area (Å²) in [7, 11) is 0. The van der Waals surface area contributed by atoms with E-state index in [2.05, 4.69) is 5.32 Å². The van der Waals surface area contributed by atoms with Crippen LogP contribution in [0.1, 0.15) is 39.0 Å². The SMILES string of the molecule is O=C(NCc1ccc(Cl)cc1)c1cn2c3c(cc(CCCO)cc3c1=O)CC(=O)N2Cc1ccccc1. The molecule has 0 saturated carbocycles. The summed E-state index contributed by atoms with van der Waals surface area (Å²) in [5.74, 6) is -0.654. The van der Waals surface area contributed by atoms with Gasteiger partial charge in [0.25, 0.3) is 5.91 Å². The Morgan fingerprint density at radius 1 is 0.973 bits per heavy atom. The first kappa shape index (κ1) is 24.7. The number of rotatable bonds is 8. The van der Waals surface area contributed by atoms with E-state index < -0.39 is 5.91 Å². The Balaban J connectivity index is 1.59. The zero-order valence-electron chi connectivity index (χ0n) is 20.1. The number of hydrogen-bond donors (Lipinski definition) is 2. The lowest BCUT2D eigenvalue weighted by atomic mass is 9.97. The normalized spacial score (nSPS) is 12.7. The van der Waals surface area contributed by atoms with Crippen molar-refractivity contribution in [3.8, 4) is 0 Å². The Kier molecular flexibility index (Phi) is 7.08. The van der Waals surface area contributed by atoms with Crippen molar-refractivity contribution in [1.82, 2.24) is 9.99 Å². The Morgan fingerprint density at radius 2 is 1.73 bits per heavy atom. The number of nitrogens with zero attached hydrogens (tertiary/aromatic N) is 2. The molecule has 0 fully saturated rings. The van der Waals surface area contributed by atoms with E-state index in [-0.39, 0.29) is 36.5 Å². The summed E-state index contributed by atoms with van der Waals surface area (Å²) in [6, 6.07) is 20.4. The van der Waals surface area contributed by atoms with Gasteiger partial charge in [-0.05, 0) is 53.3 Å². The third-order valence-electron chi connectivity index (χ3n) is 6.52. The zero-order valence-corrected chi connectivity index (χ0v) is 20.9. The highest BCUT2D eigenvalue weighted by Gasteiger charge is 2.28.